The molecule has 30 heavy (non-hydrogen) atoms. The van der Waals surface area contributed by atoms with Gasteiger partial charge in [-0.05, 0) is 38.1 Å². The predicted octanol–water partition coefficient (Wildman–Crippen LogP) is 4.25. The molecule has 0 spiro atoms. The van der Waals surface area contributed by atoms with Gasteiger partial charge in [0.1, 0.15) is 11.6 Å². The van der Waals surface area contributed by atoms with E-state index in [2.05, 4.69) is 20.2 Å². The summed E-state index contributed by atoms with van der Waals surface area (Å²) in [5.41, 5.74) is 3.41. The van der Waals surface area contributed by atoms with Crippen LogP contribution in [0, 0.1) is 19.7 Å². The van der Waals surface area contributed by atoms with Gasteiger partial charge in [0.2, 0.25) is 0 Å². The number of hydrogen-bond acceptors (Lipinski definition) is 4. The van der Waals surface area contributed by atoms with Crippen molar-refractivity contribution in [3.8, 4) is 11.4 Å². The van der Waals surface area contributed by atoms with Crippen LogP contribution in [-0.2, 0) is 0 Å². The second-order valence-corrected chi connectivity index (χ2v) is 7.47. The second kappa shape index (κ2) is 8.49. The highest BCUT2D eigenvalue weighted by atomic mass is 19.1. The topological polar surface area (TPSA) is 61.4 Å². The van der Waals surface area contributed by atoms with Gasteiger partial charge in [-0.1, -0.05) is 29.8 Å². The van der Waals surface area contributed by atoms with Crippen molar-refractivity contribution < 1.29 is 9.18 Å². The van der Waals surface area contributed by atoms with Gasteiger partial charge in [-0.15, -0.1) is 0 Å². The highest BCUT2D eigenvalue weighted by molar-refractivity contribution is 5.89. The smallest absolute Gasteiger partial charge is 0.321 e. The lowest BCUT2D eigenvalue weighted by Gasteiger charge is -2.35. The number of carbonyl (C=O) groups excluding carboxylic acids is 1. The third kappa shape index (κ3) is 4.56. The highest BCUT2D eigenvalue weighted by Crippen LogP contribution is 2.22. The Bertz CT molecular complexity index is 1050. The zero-order valence-electron chi connectivity index (χ0n) is 17.1. The molecule has 1 aliphatic heterocycles. The van der Waals surface area contributed by atoms with Crippen LogP contribution in [0.15, 0.2) is 54.6 Å². The van der Waals surface area contributed by atoms with Crippen molar-refractivity contribution in [3.05, 3.63) is 71.7 Å². The molecular weight excluding hydrogens is 381 g/mol. The van der Waals surface area contributed by atoms with Gasteiger partial charge in [-0.3, -0.25) is 0 Å². The molecule has 0 saturated carbocycles. The number of benzene rings is 2. The lowest BCUT2D eigenvalue weighted by atomic mass is 10.2. The third-order valence-corrected chi connectivity index (χ3v) is 5.12. The van der Waals surface area contributed by atoms with Crippen molar-refractivity contribution in [2.45, 2.75) is 13.8 Å². The summed E-state index contributed by atoms with van der Waals surface area (Å²) in [5, 5.41) is 2.95. The lowest BCUT2D eigenvalue weighted by molar-refractivity contribution is 0.208. The van der Waals surface area contributed by atoms with Gasteiger partial charge in [-0.25, -0.2) is 19.2 Å². The Kier molecular flexibility index (Phi) is 5.61. The number of rotatable bonds is 3. The Morgan fingerprint density at radius 1 is 0.967 bits per heavy atom. The quantitative estimate of drug-likeness (QED) is 0.708. The van der Waals surface area contributed by atoms with E-state index in [1.54, 1.807) is 17.0 Å². The number of nitrogens with zero attached hydrogens (tertiary/aromatic N) is 4. The first-order chi connectivity index (χ1) is 14.5. The molecule has 2 amide bonds. The molecule has 154 valence electrons. The van der Waals surface area contributed by atoms with Crippen LogP contribution in [0.3, 0.4) is 0 Å². The number of nitrogens with one attached hydrogen (secondary N) is 1. The third-order valence-electron chi connectivity index (χ3n) is 5.12. The maximum atomic E-state index is 13.6. The van der Waals surface area contributed by atoms with Crippen molar-refractivity contribution >= 4 is 17.5 Å². The van der Waals surface area contributed by atoms with E-state index in [1.807, 2.05) is 44.2 Å². The largest absolute Gasteiger partial charge is 0.353 e. The molecule has 1 saturated heterocycles. The van der Waals surface area contributed by atoms with E-state index in [1.165, 1.54) is 12.1 Å². The molecule has 0 aliphatic carbocycles. The second-order valence-electron chi connectivity index (χ2n) is 7.47. The molecule has 0 atom stereocenters. The fourth-order valence-corrected chi connectivity index (χ4v) is 3.45. The number of halogens is 1. The summed E-state index contributed by atoms with van der Waals surface area (Å²) in [4.78, 5) is 25.6. The van der Waals surface area contributed by atoms with Crippen LogP contribution in [0.4, 0.5) is 20.7 Å². The molecule has 7 heteroatoms. The number of carbonyl (C=O) groups is 1. The highest BCUT2D eigenvalue weighted by Gasteiger charge is 2.22. The monoisotopic (exact) mass is 405 g/mol. The molecule has 3 aromatic rings. The first-order valence-electron chi connectivity index (χ1n) is 9.97. The van der Waals surface area contributed by atoms with E-state index >= 15 is 0 Å². The molecule has 2 heterocycles. The number of urea groups is 1. The number of piperazine rings is 1. The fourth-order valence-electron chi connectivity index (χ4n) is 3.45. The molecule has 0 radical (unpaired) electrons. The summed E-state index contributed by atoms with van der Waals surface area (Å²) < 4.78 is 13.6. The molecule has 0 unspecified atom stereocenters. The summed E-state index contributed by atoms with van der Waals surface area (Å²) in [5.74, 6) is 0.983. The maximum absolute atomic E-state index is 13.6. The van der Waals surface area contributed by atoms with Gasteiger partial charge in [0.15, 0.2) is 5.82 Å². The molecule has 1 N–H and O–H groups in total. The number of hydrogen-bond donors (Lipinski definition) is 1. The standard InChI is InChI=1S/C23H24FN5O/c1-16-6-8-20(9-7-16)26-23(30)29-12-10-28(11-13-29)21-14-17(2)25-22(27-21)18-4-3-5-19(24)15-18/h3-9,14-15H,10-13H2,1-2H3,(H,26,30). The summed E-state index contributed by atoms with van der Waals surface area (Å²) in [7, 11) is 0. The van der Waals surface area contributed by atoms with E-state index in [9.17, 15) is 9.18 Å². The van der Waals surface area contributed by atoms with Gasteiger partial charge in [0.05, 0.1) is 0 Å². The predicted molar refractivity (Wildman–Crippen MR) is 116 cm³/mol. The minimum atomic E-state index is -0.313. The van der Waals surface area contributed by atoms with Gasteiger partial charge < -0.3 is 15.1 Å². The average Bonchev–Trinajstić information content (AvgIpc) is 2.75. The van der Waals surface area contributed by atoms with E-state index in [-0.39, 0.29) is 11.8 Å². The minimum Gasteiger partial charge on any atom is -0.353 e. The van der Waals surface area contributed by atoms with Crippen LogP contribution in [0.1, 0.15) is 11.3 Å². The SMILES string of the molecule is Cc1ccc(NC(=O)N2CCN(c3cc(C)nc(-c4cccc(F)c4)n3)CC2)cc1. The molecule has 2 aromatic carbocycles. The van der Waals surface area contributed by atoms with Gasteiger partial charge in [0, 0.05) is 49.2 Å². The number of aromatic nitrogens is 2. The Balaban J connectivity index is 1.42. The summed E-state index contributed by atoms with van der Waals surface area (Å²) in [6, 6.07) is 15.9. The molecule has 1 aromatic heterocycles. The first kappa shape index (κ1) is 19.8. The Morgan fingerprint density at radius 3 is 2.40 bits per heavy atom. The number of aryl methyl sites for hydroxylation is 2. The van der Waals surface area contributed by atoms with Crippen molar-refractivity contribution in [1.29, 1.82) is 0 Å². The Morgan fingerprint density at radius 2 is 1.70 bits per heavy atom. The molecule has 6 nitrogen and oxygen atoms in total. The minimum absolute atomic E-state index is 0.0992. The summed E-state index contributed by atoms with van der Waals surface area (Å²) in [6.07, 6.45) is 0. The van der Waals surface area contributed by atoms with Crippen molar-refractivity contribution in [2.75, 3.05) is 36.4 Å². The average molecular weight is 405 g/mol. The summed E-state index contributed by atoms with van der Waals surface area (Å²) >= 11 is 0. The van der Waals surface area contributed by atoms with Crippen LogP contribution in [-0.4, -0.2) is 47.1 Å². The number of anilines is 2. The van der Waals surface area contributed by atoms with Crippen LogP contribution in [0.5, 0.6) is 0 Å². The lowest BCUT2D eigenvalue weighted by Crippen LogP contribution is -2.50. The zero-order valence-corrected chi connectivity index (χ0v) is 17.1. The van der Waals surface area contributed by atoms with E-state index in [0.717, 1.165) is 22.8 Å². The maximum Gasteiger partial charge on any atom is 0.321 e. The van der Waals surface area contributed by atoms with E-state index in [4.69, 9.17) is 0 Å². The normalized spacial score (nSPS) is 14.0. The van der Waals surface area contributed by atoms with Crippen molar-refractivity contribution in [3.63, 3.8) is 0 Å². The Hall–Kier alpha value is -3.48. The molecular formula is C23H24FN5O. The Labute approximate surface area is 175 Å². The van der Waals surface area contributed by atoms with E-state index in [0.29, 0.717) is 37.6 Å². The first-order valence-corrected chi connectivity index (χ1v) is 9.97. The number of amides is 2. The van der Waals surface area contributed by atoms with Crippen LogP contribution in [0.25, 0.3) is 11.4 Å². The van der Waals surface area contributed by atoms with Crippen molar-refractivity contribution in [1.82, 2.24) is 14.9 Å². The van der Waals surface area contributed by atoms with Gasteiger partial charge >= 0.3 is 6.03 Å². The van der Waals surface area contributed by atoms with Gasteiger partial charge in [-0.2, -0.15) is 0 Å². The van der Waals surface area contributed by atoms with Crippen LogP contribution < -0.4 is 10.2 Å². The van der Waals surface area contributed by atoms with Gasteiger partial charge in [0.25, 0.3) is 0 Å². The summed E-state index contributed by atoms with van der Waals surface area (Å²) in [6.45, 7) is 6.44. The molecule has 1 fully saturated rings. The zero-order chi connectivity index (χ0) is 21.1. The van der Waals surface area contributed by atoms with E-state index < -0.39 is 0 Å². The molecule has 1 aliphatic rings. The molecule has 0 bridgehead atoms. The van der Waals surface area contributed by atoms with Crippen molar-refractivity contribution in [2.24, 2.45) is 0 Å². The molecule has 4 rings (SSSR count). The van der Waals surface area contributed by atoms with Crippen LogP contribution >= 0.6 is 0 Å². The van der Waals surface area contributed by atoms with Crippen LogP contribution in [0.2, 0.25) is 0 Å². The fraction of sp³-hybridized carbons (Fsp3) is 0.261.